The molecule has 7 nitrogen and oxygen atoms in total. The molecule has 1 aliphatic rings. The number of carbonyl (C=O) groups is 1. The lowest BCUT2D eigenvalue weighted by Gasteiger charge is -2.29. The van der Waals surface area contributed by atoms with Crippen molar-refractivity contribution in [3.05, 3.63) is 59.7 Å². The van der Waals surface area contributed by atoms with E-state index in [-0.39, 0.29) is 36.7 Å². The summed E-state index contributed by atoms with van der Waals surface area (Å²) in [7, 11) is 1.74. The van der Waals surface area contributed by atoms with Crippen molar-refractivity contribution in [2.24, 2.45) is 7.05 Å². The van der Waals surface area contributed by atoms with Crippen LogP contribution in [-0.4, -0.2) is 49.7 Å². The zero-order valence-corrected chi connectivity index (χ0v) is 20.0. The standard InChI is InChI=1S/C24H24F6N6O/c1-3-20-7-21(13-35(20)14-37)36(22-31-8-16(9-32-22)17-10-33-34(2)12-17)11-15-4-18(23(25,26)27)6-19(5-15)24(28,29)30/h4-6,8-10,12,14,20-21H,3,7,11,13H2,1-2H3/t20-,21?/m1/s1. The van der Waals surface area contributed by atoms with Crippen LogP contribution in [0, 0.1) is 0 Å². The first-order valence-electron chi connectivity index (χ1n) is 11.5. The number of anilines is 1. The molecule has 1 saturated heterocycles. The highest BCUT2D eigenvalue weighted by Gasteiger charge is 2.38. The second kappa shape index (κ2) is 10.0. The summed E-state index contributed by atoms with van der Waals surface area (Å²) in [5, 5.41) is 4.09. The molecule has 0 bridgehead atoms. The Morgan fingerprint density at radius 2 is 1.62 bits per heavy atom. The SMILES string of the molecule is CC[C@@H]1CC(N(Cc2cc(C(F)(F)F)cc(C(F)(F)F)c2)c2ncc(-c3cnn(C)c3)cn2)CN1C=O. The Hall–Kier alpha value is -3.64. The maximum atomic E-state index is 13.4. The van der Waals surface area contributed by atoms with E-state index in [1.54, 1.807) is 33.9 Å². The number of alkyl halides is 6. The first-order chi connectivity index (χ1) is 17.4. The van der Waals surface area contributed by atoms with Gasteiger partial charge in [-0.05, 0) is 36.6 Å². The lowest BCUT2D eigenvalue weighted by atomic mass is 10.0. The number of amides is 1. The molecular formula is C24H24F6N6O. The van der Waals surface area contributed by atoms with Crippen LogP contribution in [0.15, 0.2) is 43.0 Å². The summed E-state index contributed by atoms with van der Waals surface area (Å²) < 4.78 is 82.2. The Morgan fingerprint density at radius 1 is 1.00 bits per heavy atom. The van der Waals surface area contributed by atoms with Crippen LogP contribution >= 0.6 is 0 Å². The Morgan fingerprint density at radius 3 is 2.08 bits per heavy atom. The van der Waals surface area contributed by atoms with Gasteiger partial charge in [-0.1, -0.05) is 6.92 Å². The van der Waals surface area contributed by atoms with Crippen LogP contribution in [0.5, 0.6) is 0 Å². The van der Waals surface area contributed by atoms with E-state index in [2.05, 4.69) is 15.1 Å². The van der Waals surface area contributed by atoms with Crippen molar-refractivity contribution in [3.8, 4) is 11.1 Å². The molecule has 0 N–H and O–H groups in total. The molecule has 1 amide bonds. The Balaban J connectivity index is 1.73. The fourth-order valence-electron chi connectivity index (χ4n) is 4.53. The van der Waals surface area contributed by atoms with Gasteiger partial charge in [0.1, 0.15) is 0 Å². The molecule has 0 spiro atoms. The van der Waals surface area contributed by atoms with E-state index in [1.165, 1.54) is 12.4 Å². The zero-order chi connectivity index (χ0) is 27.0. The number of aromatic nitrogens is 4. The predicted molar refractivity (Wildman–Crippen MR) is 122 cm³/mol. The van der Waals surface area contributed by atoms with Gasteiger partial charge in [-0.15, -0.1) is 0 Å². The van der Waals surface area contributed by atoms with E-state index >= 15 is 0 Å². The number of benzene rings is 1. The summed E-state index contributed by atoms with van der Waals surface area (Å²) in [5.74, 6) is 0.131. The molecule has 1 aliphatic heterocycles. The van der Waals surface area contributed by atoms with Gasteiger partial charge in [0.25, 0.3) is 0 Å². The van der Waals surface area contributed by atoms with E-state index in [9.17, 15) is 31.1 Å². The van der Waals surface area contributed by atoms with Crippen LogP contribution in [0.4, 0.5) is 32.3 Å². The number of nitrogens with zero attached hydrogens (tertiary/aromatic N) is 6. The van der Waals surface area contributed by atoms with Crippen molar-refractivity contribution in [1.82, 2.24) is 24.6 Å². The van der Waals surface area contributed by atoms with Gasteiger partial charge in [0, 0.05) is 55.9 Å². The van der Waals surface area contributed by atoms with Gasteiger partial charge in [0.2, 0.25) is 12.4 Å². The minimum atomic E-state index is -4.96. The third-order valence-electron chi connectivity index (χ3n) is 6.42. The number of carbonyl (C=O) groups excluding carboxylic acids is 1. The predicted octanol–water partition coefficient (Wildman–Crippen LogP) is 4.93. The monoisotopic (exact) mass is 526 g/mol. The highest BCUT2D eigenvalue weighted by atomic mass is 19.4. The summed E-state index contributed by atoms with van der Waals surface area (Å²) in [5.41, 5.74) is -1.59. The van der Waals surface area contributed by atoms with Gasteiger partial charge in [-0.3, -0.25) is 9.48 Å². The molecule has 1 unspecified atom stereocenters. The molecule has 3 heterocycles. The molecule has 4 rings (SSSR count). The van der Waals surface area contributed by atoms with Crippen molar-refractivity contribution in [2.75, 3.05) is 11.4 Å². The molecule has 0 aliphatic carbocycles. The topological polar surface area (TPSA) is 67.2 Å². The smallest absolute Gasteiger partial charge is 0.340 e. The average molecular weight is 526 g/mol. The van der Waals surface area contributed by atoms with Crippen LogP contribution in [0.2, 0.25) is 0 Å². The van der Waals surface area contributed by atoms with Crippen LogP contribution in [0.1, 0.15) is 36.5 Å². The minimum absolute atomic E-state index is 0.101. The van der Waals surface area contributed by atoms with Crippen molar-refractivity contribution >= 4 is 12.4 Å². The second-order valence-corrected chi connectivity index (χ2v) is 8.97. The largest absolute Gasteiger partial charge is 0.416 e. The van der Waals surface area contributed by atoms with Gasteiger partial charge in [0.15, 0.2) is 0 Å². The number of halogens is 6. The van der Waals surface area contributed by atoms with Crippen molar-refractivity contribution in [3.63, 3.8) is 0 Å². The zero-order valence-electron chi connectivity index (χ0n) is 20.0. The van der Waals surface area contributed by atoms with Crippen molar-refractivity contribution in [2.45, 2.75) is 50.7 Å². The fraction of sp³-hybridized carbons (Fsp3) is 0.417. The molecule has 1 aromatic carbocycles. The molecule has 2 atom stereocenters. The third kappa shape index (κ3) is 5.86. The molecular weight excluding hydrogens is 502 g/mol. The minimum Gasteiger partial charge on any atom is -0.340 e. The molecule has 2 aromatic heterocycles. The van der Waals surface area contributed by atoms with E-state index in [0.29, 0.717) is 36.9 Å². The van der Waals surface area contributed by atoms with Gasteiger partial charge in [-0.2, -0.15) is 31.4 Å². The lowest BCUT2D eigenvalue weighted by Crippen LogP contribution is -2.38. The highest BCUT2D eigenvalue weighted by Crippen LogP contribution is 2.37. The maximum absolute atomic E-state index is 13.4. The normalized spacial score (nSPS) is 18.3. The van der Waals surface area contributed by atoms with Gasteiger partial charge < -0.3 is 9.80 Å². The first-order valence-corrected chi connectivity index (χ1v) is 11.5. The molecule has 37 heavy (non-hydrogen) atoms. The molecule has 198 valence electrons. The van der Waals surface area contributed by atoms with Crippen LogP contribution in [0.25, 0.3) is 11.1 Å². The third-order valence-corrected chi connectivity index (χ3v) is 6.42. The number of likely N-dealkylation sites (tertiary alicyclic amines) is 1. The van der Waals surface area contributed by atoms with Crippen LogP contribution < -0.4 is 4.90 Å². The number of rotatable bonds is 7. The van der Waals surface area contributed by atoms with Gasteiger partial charge in [0.05, 0.1) is 23.4 Å². The fourth-order valence-corrected chi connectivity index (χ4v) is 4.53. The summed E-state index contributed by atoms with van der Waals surface area (Å²) in [6.45, 7) is 1.82. The van der Waals surface area contributed by atoms with Gasteiger partial charge in [-0.25, -0.2) is 9.97 Å². The number of aryl methyl sites for hydroxylation is 1. The first kappa shape index (κ1) is 26.4. The van der Waals surface area contributed by atoms with Gasteiger partial charge >= 0.3 is 12.4 Å². The Kier molecular flexibility index (Phi) is 7.16. The van der Waals surface area contributed by atoms with E-state index < -0.39 is 29.5 Å². The maximum Gasteiger partial charge on any atom is 0.416 e. The number of hydrogen-bond acceptors (Lipinski definition) is 5. The van der Waals surface area contributed by atoms with Crippen molar-refractivity contribution in [1.29, 1.82) is 0 Å². The lowest BCUT2D eigenvalue weighted by molar-refractivity contribution is -0.143. The summed E-state index contributed by atoms with van der Waals surface area (Å²) in [4.78, 5) is 23.5. The summed E-state index contributed by atoms with van der Waals surface area (Å²) in [6.07, 6.45) is -1.71. The molecule has 1 fully saturated rings. The molecule has 3 aromatic rings. The molecule has 0 saturated carbocycles. The molecule has 13 heteroatoms. The van der Waals surface area contributed by atoms with Crippen LogP contribution in [0.3, 0.4) is 0 Å². The average Bonchev–Trinajstić information content (AvgIpc) is 3.47. The molecule has 0 radical (unpaired) electrons. The summed E-state index contributed by atoms with van der Waals surface area (Å²) >= 11 is 0. The second-order valence-electron chi connectivity index (χ2n) is 8.97. The van der Waals surface area contributed by atoms with E-state index in [1.807, 2.05) is 6.92 Å². The van der Waals surface area contributed by atoms with Crippen LogP contribution in [-0.2, 0) is 30.7 Å². The van der Waals surface area contributed by atoms with E-state index in [0.717, 1.165) is 5.56 Å². The highest BCUT2D eigenvalue weighted by molar-refractivity contribution is 5.60. The van der Waals surface area contributed by atoms with Crippen molar-refractivity contribution < 1.29 is 31.1 Å². The quantitative estimate of drug-likeness (QED) is 0.323. The Labute approximate surface area is 208 Å². The Bertz CT molecular complexity index is 1210. The van der Waals surface area contributed by atoms with E-state index in [4.69, 9.17) is 0 Å². The summed E-state index contributed by atoms with van der Waals surface area (Å²) in [6, 6.07) is 0.978. The number of hydrogen-bond donors (Lipinski definition) is 0.